The summed E-state index contributed by atoms with van der Waals surface area (Å²) in [6.45, 7) is 4.16. The van der Waals surface area contributed by atoms with E-state index >= 15 is 0 Å². The molecule has 2 heterocycles. The van der Waals surface area contributed by atoms with Crippen molar-refractivity contribution in [2.75, 3.05) is 39.4 Å². The first kappa shape index (κ1) is 21.2. The van der Waals surface area contributed by atoms with Crippen molar-refractivity contribution in [2.45, 2.75) is 0 Å². The Hall–Kier alpha value is -1.80. The SMILES string of the molecule is Cl.Cl.N=C(N)N(CCN1CCOCC1)C(=O)c1cc2ccccc2[nH]1. The average Bonchev–Trinajstić information content (AvgIpc) is 2.99. The van der Waals surface area contributed by atoms with Gasteiger partial charge in [-0.15, -0.1) is 24.8 Å². The van der Waals surface area contributed by atoms with Gasteiger partial charge in [-0.25, -0.2) is 0 Å². The highest BCUT2D eigenvalue weighted by molar-refractivity contribution is 6.05. The van der Waals surface area contributed by atoms with Crippen molar-refractivity contribution in [1.82, 2.24) is 14.8 Å². The zero-order valence-electron chi connectivity index (χ0n) is 13.7. The molecule has 2 aromatic rings. The summed E-state index contributed by atoms with van der Waals surface area (Å²) < 4.78 is 5.31. The maximum Gasteiger partial charge on any atom is 0.277 e. The van der Waals surface area contributed by atoms with Gasteiger partial charge in [0.25, 0.3) is 5.91 Å². The van der Waals surface area contributed by atoms with Gasteiger partial charge in [0, 0.05) is 37.1 Å². The fraction of sp³-hybridized carbons (Fsp3) is 0.375. The predicted octanol–water partition coefficient (Wildman–Crippen LogP) is 1.68. The highest BCUT2D eigenvalue weighted by Crippen LogP contribution is 2.16. The summed E-state index contributed by atoms with van der Waals surface area (Å²) in [5.41, 5.74) is 6.96. The van der Waals surface area contributed by atoms with Gasteiger partial charge in [0.15, 0.2) is 5.96 Å². The van der Waals surface area contributed by atoms with E-state index in [-0.39, 0.29) is 36.7 Å². The number of benzene rings is 1. The monoisotopic (exact) mass is 387 g/mol. The van der Waals surface area contributed by atoms with Crippen LogP contribution in [0.25, 0.3) is 10.9 Å². The molecule has 1 aliphatic rings. The molecule has 1 aliphatic heterocycles. The average molecular weight is 388 g/mol. The third-order valence-corrected chi connectivity index (χ3v) is 4.04. The summed E-state index contributed by atoms with van der Waals surface area (Å²) in [7, 11) is 0. The summed E-state index contributed by atoms with van der Waals surface area (Å²) in [6.07, 6.45) is 0. The molecule has 4 N–H and O–H groups in total. The Morgan fingerprint density at radius 2 is 1.96 bits per heavy atom. The van der Waals surface area contributed by atoms with Crippen LogP contribution in [0.3, 0.4) is 0 Å². The lowest BCUT2D eigenvalue weighted by Crippen LogP contribution is -2.47. The molecule has 9 heteroatoms. The topological polar surface area (TPSA) is 98.4 Å². The van der Waals surface area contributed by atoms with Gasteiger partial charge in [0.2, 0.25) is 0 Å². The molecule has 3 rings (SSSR count). The molecular weight excluding hydrogens is 365 g/mol. The number of nitrogens with two attached hydrogens (primary N) is 1. The van der Waals surface area contributed by atoms with Crippen LogP contribution in [0.5, 0.6) is 0 Å². The fourth-order valence-corrected chi connectivity index (χ4v) is 2.73. The molecule has 0 atom stereocenters. The highest BCUT2D eigenvalue weighted by Gasteiger charge is 2.21. The van der Waals surface area contributed by atoms with Crippen LogP contribution in [0.2, 0.25) is 0 Å². The van der Waals surface area contributed by atoms with E-state index in [1.165, 1.54) is 4.90 Å². The molecule has 138 valence electrons. The molecule has 7 nitrogen and oxygen atoms in total. The number of aromatic amines is 1. The second-order valence-corrected chi connectivity index (χ2v) is 5.57. The third-order valence-electron chi connectivity index (χ3n) is 4.04. The van der Waals surface area contributed by atoms with Crippen LogP contribution in [0.15, 0.2) is 30.3 Å². The van der Waals surface area contributed by atoms with Gasteiger partial charge in [0.1, 0.15) is 5.69 Å². The molecule has 0 bridgehead atoms. The number of guanidine groups is 1. The highest BCUT2D eigenvalue weighted by atomic mass is 35.5. The van der Waals surface area contributed by atoms with Crippen LogP contribution >= 0.6 is 24.8 Å². The minimum absolute atomic E-state index is 0. The number of rotatable bonds is 4. The van der Waals surface area contributed by atoms with Crippen molar-refractivity contribution in [3.8, 4) is 0 Å². The number of hydrogen-bond acceptors (Lipinski definition) is 4. The quantitative estimate of drug-likeness (QED) is 0.548. The molecule has 0 saturated carbocycles. The lowest BCUT2D eigenvalue weighted by Gasteiger charge is -2.29. The lowest BCUT2D eigenvalue weighted by atomic mass is 10.2. The summed E-state index contributed by atoms with van der Waals surface area (Å²) >= 11 is 0. The van der Waals surface area contributed by atoms with Crippen LogP contribution in [-0.4, -0.2) is 66.0 Å². The summed E-state index contributed by atoms with van der Waals surface area (Å²) in [4.78, 5) is 19.3. The first-order valence-corrected chi connectivity index (χ1v) is 7.69. The van der Waals surface area contributed by atoms with Crippen molar-refractivity contribution in [2.24, 2.45) is 5.73 Å². The molecule has 1 fully saturated rings. The van der Waals surface area contributed by atoms with Gasteiger partial charge >= 0.3 is 0 Å². The van der Waals surface area contributed by atoms with Gasteiger partial charge in [-0.1, -0.05) is 18.2 Å². The molecule has 25 heavy (non-hydrogen) atoms. The number of ether oxygens (including phenoxy) is 1. The maximum absolute atomic E-state index is 12.7. The van der Waals surface area contributed by atoms with E-state index in [9.17, 15) is 4.79 Å². The number of carbonyl (C=O) groups is 1. The number of carbonyl (C=O) groups excluding carboxylic acids is 1. The molecule has 1 saturated heterocycles. The van der Waals surface area contributed by atoms with Crippen LogP contribution in [0.4, 0.5) is 0 Å². The largest absolute Gasteiger partial charge is 0.379 e. The molecule has 0 radical (unpaired) electrons. The lowest BCUT2D eigenvalue weighted by molar-refractivity contribution is 0.0353. The molecule has 0 spiro atoms. The zero-order chi connectivity index (χ0) is 16.2. The first-order chi connectivity index (χ1) is 11.1. The molecule has 1 aromatic carbocycles. The van der Waals surface area contributed by atoms with E-state index in [0.717, 1.165) is 24.0 Å². The van der Waals surface area contributed by atoms with Gasteiger partial charge in [-0.3, -0.25) is 20.0 Å². The molecule has 0 unspecified atom stereocenters. The molecule has 1 amide bonds. The first-order valence-electron chi connectivity index (χ1n) is 7.69. The Morgan fingerprint density at radius 1 is 1.28 bits per heavy atom. The zero-order valence-corrected chi connectivity index (χ0v) is 15.4. The van der Waals surface area contributed by atoms with E-state index in [1.807, 2.05) is 24.3 Å². The standard InChI is InChI=1S/C16H21N5O2.2ClH/c17-16(18)21(6-5-20-7-9-23-10-8-20)15(22)14-11-12-3-1-2-4-13(12)19-14;;/h1-4,11,19H,5-10H2,(H3,17,18);2*1H. The minimum atomic E-state index is -0.276. The molecular formula is C16H23Cl2N5O2. The summed E-state index contributed by atoms with van der Waals surface area (Å²) in [5, 5.41) is 8.67. The maximum atomic E-state index is 12.7. The van der Waals surface area contributed by atoms with Crippen LogP contribution < -0.4 is 5.73 Å². The predicted molar refractivity (Wildman–Crippen MR) is 103 cm³/mol. The Balaban J connectivity index is 0.00000156. The second kappa shape index (κ2) is 9.62. The van der Waals surface area contributed by atoms with Crippen molar-refractivity contribution in [3.63, 3.8) is 0 Å². The number of aromatic nitrogens is 1. The van der Waals surface area contributed by atoms with Crippen molar-refractivity contribution in [3.05, 3.63) is 36.0 Å². The smallest absolute Gasteiger partial charge is 0.277 e. The Kier molecular flexibility index (Phi) is 8.18. The van der Waals surface area contributed by atoms with Crippen LogP contribution in [0, 0.1) is 5.41 Å². The Labute approximate surface area is 158 Å². The number of para-hydroxylation sites is 1. The van der Waals surface area contributed by atoms with Crippen LogP contribution in [0.1, 0.15) is 10.5 Å². The number of nitrogens with one attached hydrogen (secondary N) is 2. The minimum Gasteiger partial charge on any atom is -0.379 e. The number of morpholine rings is 1. The van der Waals surface area contributed by atoms with E-state index < -0.39 is 0 Å². The molecule has 0 aliphatic carbocycles. The number of H-pyrrole nitrogens is 1. The van der Waals surface area contributed by atoms with Gasteiger partial charge in [-0.05, 0) is 12.1 Å². The van der Waals surface area contributed by atoms with Gasteiger partial charge in [0.05, 0.1) is 13.2 Å². The van der Waals surface area contributed by atoms with Crippen LogP contribution in [-0.2, 0) is 4.74 Å². The van der Waals surface area contributed by atoms with Crippen molar-refractivity contribution < 1.29 is 9.53 Å². The van der Waals surface area contributed by atoms with Gasteiger partial charge in [-0.2, -0.15) is 0 Å². The van der Waals surface area contributed by atoms with E-state index in [2.05, 4.69) is 9.88 Å². The number of nitrogens with zero attached hydrogens (tertiary/aromatic N) is 2. The Bertz CT molecular complexity index is 682. The number of amides is 1. The van der Waals surface area contributed by atoms with Crippen molar-refractivity contribution in [1.29, 1.82) is 5.41 Å². The number of halogens is 2. The van der Waals surface area contributed by atoms with Crippen molar-refractivity contribution >= 4 is 47.6 Å². The number of hydrogen-bond donors (Lipinski definition) is 3. The Morgan fingerprint density at radius 3 is 2.60 bits per heavy atom. The van der Waals surface area contributed by atoms with E-state index in [1.54, 1.807) is 6.07 Å². The number of fused-ring (bicyclic) bond motifs is 1. The van der Waals surface area contributed by atoms with E-state index in [0.29, 0.717) is 32.0 Å². The summed E-state index contributed by atoms with van der Waals surface area (Å²) in [5.74, 6) is -0.510. The molecule has 1 aromatic heterocycles. The third kappa shape index (κ3) is 5.09. The van der Waals surface area contributed by atoms with Gasteiger partial charge < -0.3 is 15.5 Å². The second-order valence-electron chi connectivity index (χ2n) is 5.57. The summed E-state index contributed by atoms with van der Waals surface area (Å²) in [6, 6.07) is 9.48. The van der Waals surface area contributed by atoms with E-state index in [4.69, 9.17) is 15.9 Å². The fourth-order valence-electron chi connectivity index (χ4n) is 2.73. The normalized spacial score (nSPS) is 14.4.